The summed E-state index contributed by atoms with van der Waals surface area (Å²) >= 11 is 9.53. The standard InChI is InChI=1S/C18H15P.C8H10N2O.C2H3N.CH2Cl2.Cu.F6P/c1-4-10-16(11-5-1)19(17-12-6-2-7-13-17)18-14-8-3-9-15-18;1-7(11)10-6-8-4-2-3-5-9-8;1-2-3;2-1-3;;1-7(2,3,4,5)6/h1-15H;2-5H,6H2,1H3,(H,10,11);1H3;1H2;;/q;;;;+1;-1/p+1. The number of nitrogens with zero attached hydrogens (tertiary/aromatic N) is 2. The molecule has 44 heavy (non-hydrogen) atoms. The maximum atomic E-state index is 10.5. The van der Waals surface area contributed by atoms with E-state index < -0.39 is 15.7 Å². The Morgan fingerprint density at radius 3 is 1.32 bits per heavy atom. The fourth-order valence-corrected chi connectivity index (χ4v) is 5.61. The van der Waals surface area contributed by atoms with E-state index in [4.69, 9.17) is 28.5 Å². The molecule has 244 valence electrons. The second-order valence-electron chi connectivity index (χ2n) is 7.99. The van der Waals surface area contributed by atoms with Crippen molar-refractivity contribution in [3.8, 4) is 6.07 Å². The Balaban J connectivity index is 0. The normalized spacial score (nSPS) is 11.1. The first-order chi connectivity index (χ1) is 20.0. The molecular formula is C29H31Cl2CuF6N3OP2+. The molecule has 0 aliphatic carbocycles. The second kappa shape index (κ2) is 21.1. The van der Waals surface area contributed by atoms with Crippen molar-refractivity contribution in [2.75, 3.05) is 5.34 Å². The van der Waals surface area contributed by atoms with Crippen molar-refractivity contribution < 1.29 is 47.0 Å². The number of carbonyl (C=O) groups excluding carboxylic acids is 1. The molecule has 3 aromatic carbocycles. The van der Waals surface area contributed by atoms with Crippen LogP contribution < -0.4 is 21.2 Å². The first-order valence-corrected chi connectivity index (χ1v) is 16.8. The van der Waals surface area contributed by atoms with Crippen LogP contribution in [0.1, 0.15) is 19.5 Å². The molecular weight excluding hydrogens is 717 g/mol. The zero-order valence-corrected chi connectivity index (χ0v) is 27.8. The molecule has 0 bridgehead atoms. The Bertz CT molecular complexity index is 1250. The molecule has 4 aromatic rings. The first kappa shape index (κ1) is 43.4. The topological polar surface area (TPSA) is 65.8 Å². The molecule has 0 fully saturated rings. The third-order valence-corrected chi connectivity index (χ3v) is 7.16. The van der Waals surface area contributed by atoms with Crippen molar-refractivity contribution in [2.45, 2.75) is 20.4 Å². The fraction of sp³-hybridized carbons (Fsp3) is 0.138. The SMILES string of the molecule is CC#N.CC(=O)NCc1ccccn1.ClCCl.F[P-](F)(F)(F)(F)F.[Cu+].c1ccc([PH+](c2ccccc2)c2ccccc2)cc1. The van der Waals surface area contributed by atoms with Gasteiger partial charge in [0.15, 0.2) is 0 Å². The van der Waals surface area contributed by atoms with E-state index in [1.54, 1.807) is 12.3 Å². The van der Waals surface area contributed by atoms with Crippen LogP contribution in [0.2, 0.25) is 0 Å². The van der Waals surface area contributed by atoms with Gasteiger partial charge in [-0.2, -0.15) is 5.26 Å². The van der Waals surface area contributed by atoms with Crippen molar-refractivity contribution in [3.05, 3.63) is 121 Å². The first-order valence-electron chi connectivity index (χ1n) is 12.2. The van der Waals surface area contributed by atoms with Crippen molar-refractivity contribution in [1.29, 1.82) is 5.26 Å². The third kappa shape index (κ3) is 26.9. The predicted molar refractivity (Wildman–Crippen MR) is 170 cm³/mol. The summed E-state index contributed by atoms with van der Waals surface area (Å²) in [6, 6.07) is 39.9. The zero-order chi connectivity index (χ0) is 32.8. The molecule has 1 aromatic heterocycles. The van der Waals surface area contributed by atoms with Gasteiger partial charge in [-0.05, 0) is 48.5 Å². The molecule has 0 saturated carbocycles. The van der Waals surface area contributed by atoms with Gasteiger partial charge in [0.25, 0.3) is 0 Å². The van der Waals surface area contributed by atoms with Gasteiger partial charge in [0.1, 0.15) is 15.9 Å². The van der Waals surface area contributed by atoms with Crippen molar-refractivity contribution in [1.82, 2.24) is 10.3 Å². The molecule has 0 unspecified atom stereocenters. The van der Waals surface area contributed by atoms with Crippen LogP contribution in [-0.2, 0) is 28.4 Å². The molecule has 15 heteroatoms. The molecule has 0 aliphatic heterocycles. The molecule has 1 N–H and O–H groups in total. The van der Waals surface area contributed by atoms with Gasteiger partial charge in [0.2, 0.25) is 5.91 Å². The van der Waals surface area contributed by atoms with E-state index in [2.05, 4.69) is 101 Å². The summed E-state index contributed by atoms with van der Waals surface area (Å²) in [5.41, 5.74) is 0.878. The number of aromatic nitrogens is 1. The minimum atomic E-state index is -10.7. The molecule has 0 aliphatic rings. The number of nitriles is 1. The average Bonchev–Trinajstić information content (AvgIpc) is 2.94. The maximum absolute atomic E-state index is 10.7. The van der Waals surface area contributed by atoms with Crippen molar-refractivity contribution >= 4 is 60.8 Å². The van der Waals surface area contributed by atoms with E-state index >= 15 is 0 Å². The van der Waals surface area contributed by atoms with Crippen LogP contribution in [0.3, 0.4) is 0 Å². The molecule has 1 heterocycles. The second-order valence-corrected chi connectivity index (χ2v) is 13.2. The van der Waals surface area contributed by atoms with Gasteiger partial charge in [-0.15, -0.1) is 23.2 Å². The van der Waals surface area contributed by atoms with Crippen LogP contribution in [0.5, 0.6) is 0 Å². The third-order valence-electron chi connectivity index (χ3n) is 4.43. The fourth-order valence-electron chi connectivity index (χ4n) is 3.03. The van der Waals surface area contributed by atoms with Crippen LogP contribution in [0, 0.1) is 11.3 Å². The maximum Gasteiger partial charge on any atom is 1.00 e. The van der Waals surface area contributed by atoms with E-state index in [0.29, 0.717) is 6.54 Å². The number of carbonyl (C=O) groups is 1. The Morgan fingerprint density at radius 2 is 1.07 bits per heavy atom. The van der Waals surface area contributed by atoms with E-state index in [0.717, 1.165) is 5.69 Å². The zero-order valence-electron chi connectivity index (χ0n) is 23.5. The molecule has 0 saturated heterocycles. The molecule has 4 nitrogen and oxygen atoms in total. The Morgan fingerprint density at radius 1 is 0.773 bits per heavy atom. The Kier molecular flexibility index (Phi) is 20.8. The number of alkyl halides is 2. The molecule has 1 amide bonds. The number of hydrogen-bond acceptors (Lipinski definition) is 3. The summed E-state index contributed by atoms with van der Waals surface area (Å²) in [5.74, 6) is -0.0318. The number of benzene rings is 3. The van der Waals surface area contributed by atoms with Crippen LogP contribution in [0.25, 0.3) is 0 Å². The Hall–Kier alpha value is -2.69. The molecule has 0 atom stereocenters. The number of nitrogens with one attached hydrogen (secondary N) is 1. The number of halogens is 8. The van der Waals surface area contributed by atoms with Crippen molar-refractivity contribution in [2.24, 2.45) is 0 Å². The molecule has 0 spiro atoms. The smallest absolute Gasteiger partial charge is 0.0620 e. The summed E-state index contributed by atoms with van der Waals surface area (Å²) in [6.45, 7) is 3.43. The average molecular weight is 748 g/mol. The van der Waals surface area contributed by atoms with E-state index in [-0.39, 0.29) is 28.3 Å². The van der Waals surface area contributed by atoms with Crippen LogP contribution in [0.4, 0.5) is 25.2 Å². The number of pyridine rings is 1. The minimum absolute atomic E-state index is 0. The summed E-state index contributed by atoms with van der Waals surface area (Å²) in [4.78, 5) is 14.5. The van der Waals surface area contributed by atoms with Gasteiger partial charge in [-0.3, -0.25) is 9.78 Å². The summed E-state index contributed by atoms with van der Waals surface area (Å²) < 4.78 is 59.2. The number of hydrogen-bond donors (Lipinski definition) is 1. The number of amides is 1. The van der Waals surface area contributed by atoms with Crippen LogP contribution >= 0.6 is 38.9 Å². The van der Waals surface area contributed by atoms with E-state index in [1.165, 1.54) is 29.8 Å². The van der Waals surface area contributed by atoms with Gasteiger partial charge in [-0.25, -0.2) is 0 Å². The predicted octanol–water partition coefficient (Wildman–Crippen LogP) is 9.23. The van der Waals surface area contributed by atoms with E-state index in [1.807, 2.05) is 18.2 Å². The number of rotatable bonds is 5. The van der Waals surface area contributed by atoms with Gasteiger partial charge in [0.05, 0.1) is 31.6 Å². The minimum Gasteiger partial charge on any atom is -0.0620 e. The van der Waals surface area contributed by atoms with Gasteiger partial charge >= 0.3 is 50.1 Å². The van der Waals surface area contributed by atoms with Gasteiger partial charge in [0, 0.05) is 20.0 Å². The summed E-state index contributed by atoms with van der Waals surface area (Å²) in [5, 5.41) is 14.5. The molecule has 0 radical (unpaired) electrons. The Labute approximate surface area is 275 Å². The quantitative estimate of drug-likeness (QED) is 0.0959. The van der Waals surface area contributed by atoms with Gasteiger partial charge < -0.3 is 5.32 Å². The largest absolute Gasteiger partial charge is 1.00 e. The summed E-state index contributed by atoms with van der Waals surface area (Å²) in [7, 11) is -11.5. The monoisotopic (exact) mass is 746 g/mol. The van der Waals surface area contributed by atoms with E-state index in [9.17, 15) is 30.0 Å². The van der Waals surface area contributed by atoms with Crippen LogP contribution in [0.15, 0.2) is 115 Å². The summed E-state index contributed by atoms with van der Waals surface area (Å²) in [6.07, 6.45) is 1.71. The van der Waals surface area contributed by atoms with Gasteiger partial charge in [-0.1, -0.05) is 60.7 Å². The molecule has 4 rings (SSSR count). The van der Waals surface area contributed by atoms with Crippen LogP contribution in [-0.4, -0.2) is 16.2 Å². The van der Waals surface area contributed by atoms with Crippen molar-refractivity contribution in [3.63, 3.8) is 0 Å².